The van der Waals surface area contributed by atoms with Gasteiger partial charge in [-0.15, -0.1) is 0 Å². The molecular weight excluding hydrogens is 417 g/mol. The minimum absolute atomic E-state index is 0.0722. The Kier molecular flexibility index (Phi) is 6.99. The first-order chi connectivity index (χ1) is 15.3. The summed E-state index contributed by atoms with van der Waals surface area (Å²) in [6.45, 7) is 5.05. The van der Waals surface area contributed by atoms with E-state index in [9.17, 15) is 18.8 Å². The maximum absolute atomic E-state index is 13.2. The van der Waals surface area contributed by atoms with Gasteiger partial charge in [0.05, 0.1) is 18.4 Å². The van der Waals surface area contributed by atoms with Crippen LogP contribution in [0.15, 0.2) is 53.3 Å². The van der Waals surface area contributed by atoms with Gasteiger partial charge >= 0.3 is 5.97 Å². The fraction of sp³-hybridized carbons (Fsp3) is 0.217. The molecule has 166 valence electrons. The van der Waals surface area contributed by atoms with Crippen molar-refractivity contribution in [1.29, 1.82) is 0 Å². The maximum Gasteiger partial charge on any atom is 0.362 e. The molecular formula is C23H22FN3O5. The van der Waals surface area contributed by atoms with Gasteiger partial charge in [0.1, 0.15) is 5.82 Å². The standard InChI is InChI=1S/C23H22FN3O5/c1-4-31-23(30)22-19(12-21(29)27(26-22)18-7-5-16(24)6-8-18)32-13-20(28)25-17-10-14(2)9-15(3)11-17/h5-12H,4,13H2,1-3H3,(H,25,28). The first-order valence-corrected chi connectivity index (χ1v) is 9.85. The number of nitrogens with zero attached hydrogens (tertiary/aromatic N) is 2. The fourth-order valence-electron chi connectivity index (χ4n) is 3.05. The van der Waals surface area contributed by atoms with Crippen molar-refractivity contribution >= 4 is 17.6 Å². The molecule has 1 heterocycles. The van der Waals surface area contributed by atoms with Crippen molar-refractivity contribution in [3.05, 3.63) is 81.5 Å². The molecule has 0 fully saturated rings. The van der Waals surface area contributed by atoms with Crippen LogP contribution < -0.4 is 15.6 Å². The number of benzene rings is 2. The number of nitrogens with one attached hydrogen (secondary N) is 1. The molecule has 3 rings (SSSR count). The van der Waals surface area contributed by atoms with Crippen LogP contribution in [0.25, 0.3) is 5.69 Å². The molecule has 32 heavy (non-hydrogen) atoms. The summed E-state index contributed by atoms with van der Waals surface area (Å²) < 4.78 is 24.6. The molecule has 0 bridgehead atoms. The summed E-state index contributed by atoms with van der Waals surface area (Å²) in [6.07, 6.45) is 0. The number of hydrogen-bond acceptors (Lipinski definition) is 6. The first kappa shape index (κ1) is 22.7. The molecule has 0 aliphatic carbocycles. The molecule has 0 saturated carbocycles. The van der Waals surface area contributed by atoms with Crippen molar-refractivity contribution in [1.82, 2.24) is 9.78 Å². The van der Waals surface area contributed by atoms with E-state index in [1.165, 1.54) is 12.1 Å². The Morgan fingerprint density at radius 2 is 1.72 bits per heavy atom. The summed E-state index contributed by atoms with van der Waals surface area (Å²) in [5.41, 5.74) is 1.91. The Labute approximate surface area is 183 Å². The van der Waals surface area contributed by atoms with Crippen LogP contribution in [0.3, 0.4) is 0 Å². The van der Waals surface area contributed by atoms with Gasteiger partial charge in [-0.3, -0.25) is 9.59 Å². The van der Waals surface area contributed by atoms with Gasteiger partial charge in [-0.1, -0.05) is 6.07 Å². The van der Waals surface area contributed by atoms with Crippen LogP contribution >= 0.6 is 0 Å². The van der Waals surface area contributed by atoms with E-state index >= 15 is 0 Å². The lowest BCUT2D eigenvalue weighted by molar-refractivity contribution is -0.118. The van der Waals surface area contributed by atoms with Crippen molar-refractivity contribution in [3.8, 4) is 11.4 Å². The summed E-state index contributed by atoms with van der Waals surface area (Å²) in [6, 6.07) is 11.6. The van der Waals surface area contributed by atoms with Crippen molar-refractivity contribution in [3.63, 3.8) is 0 Å². The van der Waals surface area contributed by atoms with Crippen LogP contribution in [-0.4, -0.2) is 34.9 Å². The number of amides is 1. The molecule has 2 aromatic carbocycles. The van der Waals surface area contributed by atoms with Crippen molar-refractivity contribution in [2.45, 2.75) is 20.8 Å². The van der Waals surface area contributed by atoms with Crippen LogP contribution in [0.1, 0.15) is 28.5 Å². The SMILES string of the molecule is CCOC(=O)c1nn(-c2ccc(F)cc2)c(=O)cc1OCC(=O)Nc1cc(C)cc(C)c1. The van der Waals surface area contributed by atoms with Gasteiger partial charge in [0.15, 0.2) is 12.4 Å². The number of hydrogen-bond donors (Lipinski definition) is 1. The molecule has 0 aliphatic rings. The number of carbonyl (C=O) groups is 2. The summed E-state index contributed by atoms with van der Waals surface area (Å²) in [5, 5.41) is 6.73. The van der Waals surface area contributed by atoms with E-state index in [1.54, 1.807) is 19.1 Å². The van der Waals surface area contributed by atoms with Gasteiger partial charge in [0.2, 0.25) is 5.69 Å². The van der Waals surface area contributed by atoms with E-state index in [4.69, 9.17) is 9.47 Å². The quantitative estimate of drug-likeness (QED) is 0.568. The highest BCUT2D eigenvalue weighted by molar-refractivity contribution is 5.93. The first-order valence-electron chi connectivity index (χ1n) is 9.85. The van der Waals surface area contributed by atoms with Gasteiger partial charge in [-0.2, -0.15) is 9.78 Å². The number of carbonyl (C=O) groups excluding carboxylic acids is 2. The molecule has 0 atom stereocenters. The molecule has 9 heteroatoms. The second-order valence-corrected chi connectivity index (χ2v) is 7.02. The van der Waals surface area contributed by atoms with E-state index in [0.717, 1.165) is 34.0 Å². The predicted molar refractivity (Wildman–Crippen MR) is 116 cm³/mol. The van der Waals surface area contributed by atoms with Crippen molar-refractivity contribution in [2.24, 2.45) is 0 Å². The van der Waals surface area contributed by atoms with Gasteiger partial charge in [0.25, 0.3) is 11.5 Å². The third kappa shape index (κ3) is 5.57. The van der Waals surface area contributed by atoms with Crippen LogP contribution in [0.2, 0.25) is 0 Å². The van der Waals surface area contributed by atoms with Gasteiger partial charge in [-0.25, -0.2) is 9.18 Å². The molecule has 0 unspecified atom stereocenters. The average molecular weight is 439 g/mol. The summed E-state index contributed by atoms with van der Waals surface area (Å²) >= 11 is 0. The third-order valence-electron chi connectivity index (χ3n) is 4.30. The maximum atomic E-state index is 13.2. The third-order valence-corrected chi connectivity index (χ3v) is 4.30. The predicted octanol–water partition coefficient (Wildman–Crippen LogP) is 3.18. The molecule has 1 amide bonds. The Bertz CT molecular complexity index is 1180. The number of aromatic nitrogens is 2. The highest BCUT2D eigenvalue weighted by atomic mass is 19.1. The van der Waals surface area contributed by atoms with Crippen molar-refractivity contribution in [2.75, 3.05) is 18.5 Å². The number of ether oxygens (including phenoxy) is 2. The largest absolute Gasteiger partial charge is 0.481 e. The molecule has 8 nitrogen and oxygen atoms in total. The molecule has 0 aliphatic heterocycles. The zero-order chi connectivity index (χ0) is 23.3. The Morgan fingerprint density at radius 3 is 2.34 bits per heavy atom. The van der Waals surface area contributed by atoms with Gasteiger partial charge in [0, 0.05) is 5.69 Å². The van der Waals surface area contributed by atoms with E-state index < -0.39 is 29.9 Å². The van der Waals surface area contributed by atoms with E-state index in [-0.39, 0.29) is 23.7 Å². The minimum Gasteiger partial charge on any atom is -0.481 e. The topological polar surface area (TPSA) is 99.5 Å². The zero-order valence-electron chi connectivity index (χ0n) is 17.8. The monoisotopic (exact) mass is 439 g/mol. The Hall–Kier alpha value is -4.01. The number of halogens is 1. The highest BCUT2D eigenvalue weighted by Crippen LogP contribution is 2.17. The lowest BCUT2D eigenvalue weighted by Gasteiger charge is -2.13. The van der Waals surface area contributed by atoms with Gasteiger partial charge in [-0.05, 0) is 68.3 Å². The Morgan fingerprint density at radius 1 is 1.06 bits per heavy atom. The second-order valence-electron chi connectivity index (χ2n) is 7.02. The molecule has 0 saturated heterocycles. The molecule has 1 aromatic heterocycles. The van der Waals surface area contributed by atoms with E-state index in [2.05, 4.69) is 10.4 Å². The van der Waals surface area contributed by atoms with E-state index in [1.807, 2.05) is 19.9 Å². The van der Waals surface area contributed by atoms with Crippen LogP contribution in [0, 0.1) is 19.7 Å². The van der Waals surface area contributed by atoms with Crippen LogP contribution in [0.4, 0.5) is 10.1 Å². The molecule has 0 radical (unpaired) electrons. The summed E-state index contributed by atoms with van der Waals surface area (Å²) in [7, 11) is 0. The molecule has 1 N–H and O–H groups in total. The zero-order valence-corrected chi connectivity index (χ0v) is 17.8. The van der Waals surface area contributed by atoms with Crippen LogP contribution in [0.5, 0.6) is 5.75 Å². The van der Waals surface area contributed by atoms with Gasteiger partial charge < -0.3 is 14.8 Å². The smallest absolute Gasteiger partial charge is 0.362 e. The summed E-state index contributed by atoms with van der Waals surface area (Å²) in [5.74, 6) is -1.98. The highest BCUT2D eigenvalue weighted by Gasteiger charge is 2.20. The molecule has 0 spiro atoms. The number of rotatable bonds is 7. The summed E-state index contributed by atoms with van der Waals surface area (Å²) in [4.78, 5) is 37.3. The minimum atomic E-state index is -0.826. The number of anilines is 1. The average Bonchev–Trinajstić information content (AvgIpc) is 2.72. The molecule has 3 aromatic rings. The van der Waals surface area contributed by atoms with E-state index in [0.29, 0.717) is 5.69 Å². The number of esters is 1. The lowest BCUT2D eigenvalue weighted by atomic mass is 10.1. The fourth-order valence-corrected chi connectivity index (χ4v) is 3.05. The number of aryl methyl sites for hydroxylation is 2. The second kappa shape index (κ2) is 9.86. The normalized spacial score (nSPS) is 10.5. The van der Waals surface area contributed by atoms with Crippen LogP contribution in [-0.2, 0) is 9.53 Å². The Balaban J connectivity index is 1.85. The lowest BCUT2D eigenvalue weighted by Crippen LogP contribution is -2.27. The van der Waals surface area contributed by atoms with Crippen molar-refractivity contribution < 1.29 is 23.5 Å².